The zero-order chi connectivity index (χ0) is 23.7. The molecule has 1 aliphatic rings. The van der Waals surface area contributed by atoms with E-state index in [1.165, 1.54) is 18.5 Å². The lowest BCUT2D eigenvalue weighted by atomic mass is 10.1. The molecule has 2 aromatic heterocycles. The summed E-state index contributed by atoms with van der Waals surface area (Å²) in [4.78, 5) is 26.3. The second-order valence-electron chi connectivity index (χ2n) is 7.83. The quantitative estimate of drug-likeness (QED) is 0.396. The number of aromatic amines is 1. The standard InChI is InChI=1S/C23H22N6O4S/c24-34(31,32)18-3-1-2-15(12-18)19-13-20-21(23(30)26-14-25-20)22(28-19)27-16-4-6-17(7-5-16)29-8-10-33-11-9-29/h1-7,12-14H,8-11H2,(H,27,28)(H2,24,31,32)(H,25,26,30). The Morgan fingerprint density at radius 2 is 1.82 bits per heavy atom. The number of H-pyrrole nitrogens is 1. The number of anilines is 3. The summed E-state index contributed by atoms with van der Waals surface area (Å²) in [7, 11) is -3.88. The molecule has 2 aromatic carbocycles. The smallest absolute Gasteiger partial charge is 0.262 e. The van der Waals surface area contributed by atoms with Crippen molar-refractivity contribution >= 4 is 38.1 Å². The molecule has 1 fully saturated rings. The third kappa shape index (κ3) is 4.49. The molecule has 10 nitrogen and oxygen atoms in total. The van der Waals surface area contributed by atoms with Gasteiger partial charge in [0, 0.05) is 30.0 Å². The van der Waals surface area contributed by atoms with Crippen molar-refractivity contribution in [3.05, 3.63) is 71.3 Å². The maximum atomic E-state index is 12.6. The first kappa shape index (κ1) is 22.0. The maximum absolute atomic E-state index is 12.6. The molecule has 0 spiro atoms. The number of hydrogen-bond acceptors (Lipinski definition) is 8. The molecule has 5 rings (SSSR count). The van der Waals surface area contributed by atoms with Crippen LogP contribution in [0.4, 0.5) is 17.2 Å². The molecule has 34 heavy (non-hydrogen) atoms. The maximum Gasteiger partial charge on any atom is 0.262 e. The Morgan fingerprint density at radius 1 is 1.06 bits per heavy atom. The number of ether oxygens (including phenoxy) is 1. The van der Waals surface area contributed by atoms with Crippen molar-refractivity contribution in [2.75, 3.05) is 36.5 Å². The Bertz CT molecular complexity index is 1510. The molecule has 0 radical (unpaired) electrons. The van der Waals surface area contributed by atoms with Crippen molar-refractivity contribution in [2.45, 2.75) is 4.90 Å². The Kier molecular flexibility index (Phi) is 5.74. The molecule has 4 N–H and O–H groups in total. The van der Waals surface area contributed by atoms with Gasteiger partial charge in [0.1, 0.15) is 11.2 Å². The lowest BCUT2D eigenvalue weighted by Gasteiger charge is -2.28. The molecule has 3 heterocycles. The van der Waals surface area contributed by atoms with Gasteiger partial charge in [0.15, 0.2) is 0 Å². The van der Waals surface area contributed by atoms with E-state index in [-0.39, 0.29) is 10.5 Å². The van der Waals surface area contributed by atoms with Crippen molar-refractivity contribution in [2.24, 2.45) is 5.14 Å². The van der Waals surface area contributed by atoms with Gasteiger partial charge in [-0.25, -0.2) is 23.5 Å². The summed E-state index contributed by atoms with van der Waals surface area (Å²) in [5.41, 5.74) is 2.88. The first-order valence-electron chi connectivity index (χ1n) is 10.6. The van der Waals surface area contributed by atoms with Gasteiger partial charge in [-0.2, -0.15) is 0 Å². The minimum Gasteiger partial charge on any atom is -0.378 e. The number of benzene rings is 2. The molecule has 1 saturated heterocycles. The van der Waals surface area contributed by atoms with Crippen LogP contribution in [0.3, 0.4) is 0 Å². The second kappa shape index (κ2) is 8.86. The first-order chi connectivity index (χ1) is 16.4. The molecule has 174 valence electrons. The van der Waals surface area contributed by atoms with Crippen LogP contribution in [-0.4, -0.2) is 49.7 Å². The summed E-state index contributed by atoms with van der Waals surface area (Å²) < 4.78 is 29.0. The lowest BCUT2D eigenvalue weighted by Crippen LogP contribution is -2.36. The van der Waals surface area contributed by atoms with E-state index in [4.69, 9.17) is 9.88 Å². The van der Waals surface area contributed by atoms with Gasteiger partial charge < -0.3 is 19.9 Å². The Morgan fingerprint density at radius 3 is 2.56 bits per heavy atom. The van der Waals surface area contributed by atoms with Crippen molar-refractivity contribution in [1.29, 1.82) is 0 Å². The summed E-state index contributed by atoms with van der Waals surface area (Å²) in [5.74, 6) is 0.307. The minimum absolute atomic E-state index is 0.0287. The van der Waals surface area contributed by atoms with Gasteiger partial charge in [0.2, 0.25) is 10.0 Å². The molecule has 0 atom stereocenters. The van der Waals surface area contributed by atoms with Crippen LogP contribution in [-0.2, 0) is 14.8 Å². The molecule has 4 aromatic rings. The summed E-state index contributed by atoms with van der Waals surface area (Å²) in [6, 6.07) is 15.6. The summed E-state index contributed by atoms with van der Waals surface area (Å²) in [5, 5.41) is 8.80. The number of pyridine rings is 1. The summed E-state index contributed by atoms with van der Waals surface area (Å²) >= 11 is 0. The van der Waals surface area contributed by atoms with Crippen molar-refractivity contribution in [1.82, 2.24) is 15.0 Å². The SMILES string of the molecule is NS(=O)(=O)c1cccc(-c2cc3nc[nH]c(=O)c3c(Nc3ccc(N4CCOCC4)cc3)n2)c1. The summed E-state index contributed by atoms with van der Waals surface area (Å²) in [6.45, 7) is 3.07. The molecule has 0 bridgehead atoms. The predicted molar refractivity (Wildman–Crippen MR) is 130 cm³/mol. The summed E-state index contributed by atoms with van der Waals surface area (Å²) in [6.07, 6.45) is 1.32. The average Bonchev–Trinajstić information content (AvgIpc) is 2.84. The van der Waals surface area contributed by atoms with E-state index in [1.54, 1.807) is 18.2 Å². The molecular formula is C23H22N6O4S. The monoisotopic (exact) mass is 478 g/mol. The van der Waals surface area contributed by atoms with Gasteiger partial charge in [-0.1, -0.05) is 12.1 Å². The van der Waals surface area contributed by atoms with Crippen molar-refractivity contribution in [3.8, 4) is 11.3 Å². The van der Waals surface area contributed by atoms with Gasteiger partial charge in [-0.15, -0.1) is 0 Å². The first-order valence-corrected chi connectivity index (χ1v) is 12.1. The highest BCUT2D eigenvalue weighted by Crippen LogP contribution is 2.29. The van der Waals surface area contributed by atoms with E-state index in [9.17, 15) is 13.2 Å². The van der Waals surface area contributed by atoms with Crippen molar-refractivity contribution in [3.63, 3.8) is 0 Å². The number of nitrogens with zero attached hydrogens (tertiary/aromatic N) is 3. The molecule has 0 saturated carbocycles. The molecule has 11 heteroatoms. The number of nitrogens with one attached hydrogen (secondary N) is 2. The van der Waals surface area contributed by atoms with E-state index < -0.39 is 10.0 Å². The van der Waals surface area contributed by atoms with E-state index in [2.05, 4.69) is 25.2 Å². The normalized spacial score (nSPS) is 14.3. The van der Waals surface area contributed by atoms with Gasteiger partial charge in [-0.3, -0.25) is 4.79 Å². The van der Waals surface area contributed by atoms with Crippen LogP contribution >= 0.6 is 0 Å². The zero-order valence-corrected chi connectivity index (χ0v) is 18.9. The average molecular weight is 479 g/mol. The third-order valence-electron chi connectivity index (χ3n) is 5.59. The number of aromatic nitrogens is 3. The fraction of sp³-hybridized carbons (Fsp3) is 0.174. The third-order valence-corrected chi connectivity index (χ3v) is 6.50. The second-order valence-corrected chi connectivity index (χ2v) is 9.39. The zero-order valence-electron chi connectivity index (χ0n) is 18.1. The van der Waals surface area contributed by atoms with Crippen LogP contribution in [0.2, 0.25) is 0 Å². The molecule has 0 amide bonds. The number of nitrogens with two attached hydrogens (primary N) is 1. The Balaban J connectivity index is 1.55. The number of morpholine rings is 1. The highest BCUT2D eigenvalue weighted by molar-refractivity contribution is 7.89. The molecule has 0 aliphatic carbocycles. The number of rotatable bonds is 5. The van der Waals surface area contributed by atoms with Gasteiger partial charge >= 0.3 is 0 Å². The topological polar surface area (TPSA) is 143 Å². The predicted octanol–water partition coefficient (Wildman–Crippen LogP) is 2.21. The number of sulfonamides is 1. The van der Waals surface area contributed by atoms with Crippen LogP contribution in [0.15, 0.2) is 70.6 Å². The van der Waals surface area contributed by atoms with Crippen LogP contribution in [0.25, 0.3) is 22.2 Å². The number of hydrogen-bond donors (Lipinski definition) is 3. The number of primary sulfonamides is 1. The highest BCUT2D eigenvalue weighted by Gasteiger charge is 2.15. The van der Waals surface area contributed by atoms with E-state index in [0.29, 0.717) is 41.2 Å². The lowest BCUT2D eigenvalue weighted by molar-refractivity contribution is 0.122. The van der Waals surface area contributed by atoms with Gasteiger partial charge in [-0.05, 0) is 42.5 Å². The Hall–Kier alpha value is -3.80. The fourth-order valence-corrected chi connectivity index (χ4v) is 4.43. The van der Waals surface area contributed by atoms with Crippen LogP contribution in [0.5, 0.6) is 0 Å². The largest absolute Gasteiger partial charge is 0.378 e. The van der Waals surface area contributed by atoms with E-state index >= 15 is 0 Å². The van der Waals surface area contributed by atoms with Crippen molar-refractivity contribution < 1.29 is 13.2 Å². The van der Waals surface area contributed by atoms with Gasteiger partial charge in [0.05, 0.1) is 35.6 Å². The molecule has 1 aliphatic heterocycles. The van der Waals surface area contributed by atoms with Crippen LogP contribution in [0.1, 0.15) is 0 Å². The minimum atomic E-state index is -3.88. The fourth-order valence-electron chi connectivity index (χ4n) is 3.87. The number of fused-ring (bicyclic) bond motifs is 1. The van der Waals surface area contributed by atoms with E-state index in [1.807, 2.05) is 24.3 Å². The van der Waals surface area contributed by atoms with Crippen LogP contribution < -0.4 is 20.9 Å². The molecular weight excluding hydrogens is 456 g/mol. The van der Waals surface area contributed by atoms with Crippen LogP contribution in [0, 0.1) is 0 Å². The van der Waals surface area contributed by atoms with Gasteiger partial charge in [0.25, 0.3) is 5.56 Å². The Labute approximate surface area is 195 Å². The highest BCUT2D eigenvalue weighted by atomic mass is 32.2. The van der Waals surface area contributed by atoms with E-state index in [0.717, 1.165) is 24.5 Å². The molecule has 0 unspecified atom stereocenters.